The van der Waals surface area contributed by atoms with Crippen LogP contribution in [0.25, 0.3) is 0 Å². The second-order valence-electron chi connectivity index (χ2n) is 8.87. The zero-order valence-electron chi connectivity index (χ0n) is 17.7. The molecular formula is C26H28N2S2. The highest BCUT2D eigenvalue weighted by Gasteiger charge is 2.38. The van der Waals surface area contributed by atoms with Crippen LogP contribution in [-0.2, 0) is 0 Å². The summed E-state index contributed by atoms with van der Waals surface area (Å²) >= 11 is 4.13. The van der Waals surface area contributed by atoms with Crippen molar-refractivity contribution < 1.29 is 0 Å². The van der Waals surface area contributed by atoms with Crippen molar-refractivity contribution in [3.05, 3.63) is 70.8 Å². The van der Waals surface area contributed by atoms with E-state index in [0.717, 1.165) is 13.1 Å². The van der Waals surface area contributed by atoms with Crippen LogP contribution in [0.4, 0.5) is 11.4 Å². The van der Waals surface area contributed by atoms with Crippen LogP contribution in [-0.4, -0.2) is 23.8 Å². The minimum Gasteiger partial charge on any atom is -0.354 e. The molecule has 0 radical (unpaired) electrons. The van der Waals surface area contributed by atoms with E-state index in [1.54, 1.807) is 22.3 Å². The molecular weight excluding hydrogens is 404 g/mol. The molecule has 0 aliphatic carbocycles. The van der Waals surface area contributed by atoms with Gasteiger partial charge in [0.15, 0.2) is 0 Å². The summed E-state index contributed by atoms with van der Waals surface area (Å²) in [7, 11) is 0. The number of para-hydroxylation sites is 2. The highest BCUT2D eigenvalue weighted by Crippen LogP contribution is 2.52. The van der Waals surface area contributed by atoms with E-state index in [0.29, 0.717) is 10.7 Å². The first kappa shape index (κ1) is 18.9. The third kappa shape index (κ3) is 2.95. The van der Waals surface area contributed by atoms with E-state index in [4.69, 9.17) is 0 Å². The van der Waals surface area contributed by atoms with Crippen molar-refractivity contribution in [2.24, 2.45) is 0 Å². The molecule has 0 spiro atoms. The summed E-state index contributed by atoms with van der Waals surface area (Å²) in [4.78, 5) is 8.21. The molecule has 0 bridgehead atoms. The molecule has 4 heterocycles. The van der Waals surface area contributed by atoms with E-state index in [1.165, 1.54) is 46.8 Å². The van der Waals surface area contributed by atoms with E-state index in [-0.39, 0.29) is 0 Å². The Balaban J connectivity index is 1.25. The van der Waals surface area contributed by atoms with Gasteiger partial charge in [0.25, 0.3) is 0 Å². The SMILES string of the molecule is CC1=C(CCC2=C(C)CCN3c4ccccc4SC23)C2Sc3ccccc3N2CC1. The number of benzene rings is 2. The monoisotopic (exact) mass is 432 g/mol. The highest BCUT2D eigenvalue weighted by molar-refractivity contribution is 8.01. The Morgan fingerprint density at radius 2 is 1.13 bits per heavy atom. The summed E-state index contributed by atoms with van der Waals surface area (Å²) in [6, 6.07) is 17.9. The second kappa shape index (κ2) is 7.42. The first-order valence-corrected chi connectivity index (χ1v) is 12.9. The molecule has 154 valence electrons. The first-order chi connectivity index (χ1) is 14.7. The van der Waals surface area contributed by atoms with Crippen molar-refractivity contribution in [2.45, 2.75) is 60.1 Å². The van der Waals surface area contributed by atoms with Crippen LogP contribution in [0, 0.1) is 0 Å². The molecule has 2 nitrogen and oxygen atoms in total. The summed E-state index contributed by atoms with van der Waals surface area (Å²) in [6.07, 6.45) is 4.80. The van der Waals surface area contributed by atoms with Gasteiger partial charge in [-0.25, -0.2) is 0 Å². The van der Waals surface area contributed by atoms with Gasteiger partial charge in [-0.3, -0.25) is 0 Å². The van der Waals surface area contributed by atoms with Gasteiger partial charge in [-0.05, 0) is 74.9 Å². The number of rotatable bonds is 3. The fraction of sp³-hybridized carbons (Fsp3) is 0.385. The van der Waals surface area contributed by atoms with Crippen molar-refractivity contribution in [2.75, 3.05) is 22.9 Å². The van der Waals surface area contributed by atoms with Gasteiger partial charge in [-0.2, -0.15) is 0 Å². The number of nitrogens with zero attached hydrogens (tertiary/aromatic N) is 2. The molecule has 30 heavy (non-hydrogen) atoms. The molecule has 4 heteroatoms. The van der Waals surface area contributed by atoms with Crippen molar-refractivity contribution in [3.63, 3.8) is 0 Å². The molecule has 4 aliphatic rings. The molecule has 6 rings (SSSR count). The Bertz CT molecular complexity index is 985. The molecule has 2 aromatic rings. The lowest BCUT2D eigenvalue weighted by atomic mass is 9.91. The van der Waals surface area contributed by atoms with Gasteiger partial charge < -0.3 is 9.80 Å². The lowest BCUT2D eigenvalue weighted by Gasteiger charge is -2.37. The third-order valence-electron chi connectivity index (χ3n) is 7.20. The Morgan fingerprint density at radius 3 is 1.60 bits per heavy atom. The van der Waals surface area contributed by atoms with Crippen LogP contribution in [0.5, 0.6) is 0 Å². The third-order valence-corrected chi connectivity index (χ3v) is 9.93. The fourth-order valence-corrected chi connectivity index (χ4v) is 8.49. The van der Waals surface area contributed by atoms with Crippen molar-refractivity contribution in [3.8, 4) is 0 Å². The zero-order chi connectivity index (χ0) is 20.2. The van der Waals surface area contributed by atoms with Gasteiger partial charge in [0, 0.05) is 22.9 Å². The number of hydrogen-bond acceptors (Lipinski definition) is 4. The number of fused-ring (bicyclic) bond motifs is 6. The van der Waals surface area contributed by atoms with Crippen LogP contribution in [0.2, 0.25) is 0 Å². The minimum atomic E-state index is 0.505. The Morgan fingerprint density at radius 1 is 0.700 bits per heavy atom. The van der Waals surface area contributed by atoms with Crippen LogP contribution in [0.15, 0.2) is 80.6 Å². The van der Waals surface area contributed by atoms with Gasteiger partial charge in [0.1, 0.15) is 10.7 Å². The van der Waals surface area contributed by atoms with Gasteiger partial charge in [-0.1, -0.05) is 58.9 Å². The van der Waals surface area contributed by atoms with Crippen LogP contribution in [0.3, 0.4) is 0 Å². The van der Waals surface area contributed by atoms with E-state index >= 15 is 0 Å². The molecule has 0 fully saturated rings. The smallest absolute Gasteiger partial charge is 0.101 e. The molecule has 0 saturated carbocycles. The minimum absolute atomic E-state index is 0.505. The molecule has 4 aliphatic heterocycles. The predicted octanol–water partition coefficient (Wildman–Crippen LogP) is 7.08. The van der Waals surface area contributed by atoms with Crippen LogP contribution in [0.1, 0.15) is 39.5 Å². The van der Waals surface area contributed by atoms with Crippen LogP contribution >= 0.6 is 23.5 Å². The standard InChI is InChI=1S/C26H28N2S2/c1-17-13-15-27-21-7-3-5-9-23(21)29-25(27)19(17)11-12-20-18(2)14-16-28-22-8-4-6-10-24(22)30-26(20)28/h3-10,25-26H,11-16H2,1-2H3. The Kier molecular flexibility index (Phi) is 4.69. The van der Waals surface area contributed by atoms with Crippen LogP contribution < -0.4 is 9.80 Å². The Labute approximate surface area is 188 Å². The van der Waals surface area contributed by atoms with E-state index in [2.05, 4.69) is 95.7 Å². The Hall–Kier alpha value is -1.78. The van der Waals surface area contributed by atoms with E-state index in [1.807, 2.05) is 0 Å². The number of anilines is 2. The van der Waals surface area contributed by atoms with E-state index in [9.17, 15) is 0 Å². The lowest BCUT2D eigenvalue weighted by molar-refractivity contribution is 0.668. The molecule has 0 saturated heterocycles. The summed E-state index contributed by atoms with van der Waals surface area (Å²) < 4.78 is 0. The molecule has 0 aromatic heterocycles. The average molecular weight is 433 g/mol. The largest absolute Gasteiger partial charge is 0.354 e. The number of thioether (sulfide) groups is 2. The average Bonchev–Trinajstić information content (AvgIpc) is 3.32. The first-order valence-electron chi connectivity index (χ1n) is 11.1. The van der Waals surface area contributed by atoms with Gasteiger partial charge in [-0.15, -0.1) is 0 Å². The fourth-order valence-electron chi connectivity index (χ4n) is 5.46. The lowest BCUT2D eigenvalue weighted by Crippen LogP contribution is -2.37. The number of hydrogen-bond donors (Lipinski definition) is 0. The maximum absolute atomic E-state index is 2.65. The summed E-state index contributed by atoms with van der Waals surface area (Å²) in [5.74, 6) is 0. The second-order valence-corrected chi connectivity index (χ2v) is 11.1. The van der Waals surface area contributed by atoms with Crippen molar-refractivity contribution >= 4 is 34.9 Å². The van der Waals surface area contributed by atoms with Crippen molar-refractivity contribution in [1.29, 1.82) is 0 Å². The van der Waals surface area contributed by atoms with Gasteiger partial charge >= 0.3 is 0 Å². The maximum Gasteiger partial charge on any atom is 0.101 e. The normalized spacial score (nSPS) is 24.7. The summed E-state index contributed by atoms with van der Waals surface area (Å²) in [5, 5.41) is 1.01. The van der Waals surface area contributed by atoms with Gasteiger partial charge in [0.2, 0.25) is 0 Å². The molecule has 0 amide bonds. The molecule has 0 N–H and O–H groups in total. The molecule has 2 aromatic carbocycles. The van der Waals surface area contributed by atoms with Gasteiger partial charge in [0.05, 0.1) is 11.4 Å². The quantitative estimate of drug-likeness (QED) is 0.478. The predicted molar refractivity (Wildman–Crippen MR) is 131 cm³/mol. The zero-order valence-corrected chi connectivity index (χ0v) is 19.4. The molecule has 2 atom stereocenters. The maximum atomic E-state index is 2.65. The van der Waals surface area contributed by atoms with Crippen molar-refractivity contribution in [1.82, 2.24) is 0 Å². The summed E-state index contributed by atoms with van der Waals surface area (Å²) in [5.41, 5.74) is 9.51. The summed E-state index contributed by atoms with van der Waals surface area (Å²) in [6.45, 7) is 7.08. The highest BCUT2D eigenvalue weighted by atomic mass is 32.2. The molecule has 2 unspecified atom stereocenters. The van der Waals surface area contributed by atoms with E-state index < -0.39 is 0 Å². The topological polar surface area (TPSA) is 6.48 Å².